The maximum absolute atomic E-state index is 12.2. The maximum atomic E-state index is 12.2. The highest BCUT2D eigenvalue weighted by molar-refractivity contribution is 7.50. The number of hydrogen-bond donors (Lipinski definition) is 2. The van der Waals surface area contributed by atoms with E-state index in [1.54, 1.807) is 0 Å². The van der Waals surface area contributed by atoms with Crippen molar-refractivity contribution >= 4 is 19.7 Å². The maximum Gasteiger partial charge on any atom is 0.405 e. The quantitative estimate of drug-likeness (QED) is 0.397. The summed E-state index contributed by atoms with van der Waals surface area (Å²) in [7, 11) is -1.50. The summed E-state index contributed by atoms with van der Waals surface area (Å²) >= 11 is 0. The highest BCUT2D eigenvalue weighted by Gasteiger charge is 2.51. The molecular weight excluding hydrogens is 413 g/mol. The van der Waals surface area contributed by atoms with Crippen LogP contribution in [0.4, 0.5) is 0 Å². The molecule has 2 N–H and O–H groups in total. The van der Waals surface area contributed by atoms with Crippen LogP contribution in [0.2, 0.25) is 0 Å². The van der Waals surface area contributed by atoms with Gasteiger partial charge < -0.3 is 19.1 Å². The van der Waals surface area contributed by atoms with E-state index in [0.29, 0.717) is 0 Å². The third kappa shape index (κ3) is 5.61. The zero-order valence-electron chi connectivity index (χ0n) is 16.1. The molecule has 1 fully saturated rings. The van der Waals surface area contributed by atoms with Gasteiger partial charge in [0.05, 0.1) is 6.61 Å². The van der Waals surface area contributed by atoms with Gasteiger partial charge in [-0.1, -0.05) is 0 Å². The van der Waals surface area contributed by atoms with Gasteiger partial charge in [-0.15, -0.1) is 0 Å². The number of H-pyrrole nitrogens is 1. The van der Waals surface area contributed by atoms with E-state index in [4.69, 9.17) is 18.7 Å². The molecule has 2 heterocycles. The first-order valence-corrected chi connectivity index (χ1v) is 9.92. The summed E-state index contributed by atoms with van der Waals surface area (Å²) < 4.78 is 35.0. The number of nitrogens with zero attached hydrogens (tertiary/aromatic N) is 2. The minimum Gasteiger partial charge on any atom is -0.456 e. The molecule has 1 aromatic rings. The topological polar surface area (TPSA) is 166 Å². The van der Waals surface area contributed by atoms with E-state index in [9.17, 15) is 28.6 Å². The van der Waals surface area contributed by atoms with Crippen LogP contribution in [-0.4, -0.2) is 70.1 Å². The number of nitrogens with one attached hydrogen (secondary N) is 1. The Kier molecular flexibility index (Phi) is 7.14. The molecule has 1 saturated heterocycles. The molecule has 0 aliphatic carbocycles. The number of esters is 2. The van der Waals surface area contributed by atoms with E-state index < -0.39 is 62.1 Å². The van der Waals surface area contributed by atoms with E-state index in [0.717, 1.165) is 35.3 Å². The van der Waals surface area contributed by atoms with E-state index >= 15 is 0 Å². The van der Waals surface area contributed by atoms with Gasteiger partial charge in [0.25, 0.3) is 5.56 Å². The van der Waals surface area contributed by atoms with Gasteiger partial charge in [0.1, 0.15) is 6.10 Å². The van der Waals surface area contributed by atoms with Crippen LogP contribution < -0.4 is 11.2 Å². The summed E-state index contributed by atoms with van der Waals surface area (Å²) in [6.07, 6.45) is -3.87. The van der Waals surface area contributed by atoms with Crippen molar-refractivity contribution in [2.75, 3.05) is 20.7 Å². The van der Waals surface area contributed by atoms with Crippen LogP contribution in [0.25, 0.3) is 0 Å². The summed E-state index contributed by atoms with van der Waals surface area (Å²) in [4.78, 5) is 58.4. The molecule has 2 rings (SSSR count). The molecule has 13 nitrogen and oxygen atoms in total. The molecule has 0 spiro atoms. The number of hydrogen-bond acceptors (Lipinski definition) is 9. The fourth-order valence-corrected chi connectivity index (χ4v) is 3.20. The first kappa shape index (κ1) is 23.0. The second kappa shape index (κ2) is 9.01. The van der Waals surface area contributed by atoms with Crippen LogP contribution in [0.3, 0.4) is 0 Å². The molecule has 0 saturated carbocycles. The van der Waals surface area contributed by atoms with Crippen LogP contribution in [0.5, 0.6) is 0 Å². The molecule has 0 aromatic carbocycles. The molecule has 29 heavy (non-hydrogen) atoms. The third-order valence-corrected chi connectivity index (χ3v) is 5.42. The first-order chi connectivity index (χ1) is 13.4. The Balaban J connectivity index is 2.40. The number of carbonyl (C=O) groups excluding carboxylic acids is 2. The van der Waals surface area contributed by atoms with Gasteiger partial charge in [-0.25, -0.2) is 14.0 Å². The smallest absolute Gasteiger partial charge is 0.405 e. The summed E-state index contributed by atoms with van der Waals surface area (Å²) in [5, 5.41) is 0. The van der Waals surface area contributed by atoms with Crippen molar-refractivity contribution in [2.45, 2.75) is 38.4 Å². The van der Waals surface area contributed by atoms with E-state index in [1.165, 1.54) is 14.1 Å². The summed E-state index contributed by atoms with van der Waals surface area (Å²) in [5.74, 6) is -1.49. The molecule has 1 aromatic heterocycles. The Morgan fingerprint density at radius 1 is 1.24 bits per heavy atom. The standard InChI is InChI=1S/C15H22N3O10P/c1-8(19)26-12-10(7-25-29(23,24)17(3)4)28-14(13(12)27-9(2)20)18-6-5-11(21)16-15(18)22/h5-6,10,12-14H,7H2,1-4H3,(H,23,24)(H,16,21,22)/t10?,12-,13-,14?/m1/s1. The molecule has 1 aliphatic heterocycles. The van der Waals surface area contributed by atoms with Crippen molar-refractivity contribution in [3.8, 4) is 0 Å². The lowest BCUT2D eigenvalue weighted by atomic mass is 10.1. The molecule has 3 unspecified atom stereocenters. The fraction of sp³-hybridized carbons (Fsp3) is 0.600. The minimum atomic E-state index is -4.14. The molecule has 1 aliphatic rings. The van der Waals surface area contributed by atoms with Crippen molar-refractivity contribution in [1.82, 2.24) is 14.2 Å². The van der Waals surface area contributed by atoms with Gasteiger partial charge in [-0.3, -0.25) is 28.5 Å². The van der Waals surface area contributed by atoms with Crippen LogP contribution in [0.1, 0.15) is 20.1 Å². The number of rotatable bonds is 7. The SMILES string of the molecule is CC(=O)O[C@@H]1C(COP(=O)(O)N(C)C)OC(n2ccc(=O)[nH]c2=O)[C@@H]1OC(C)=O. The van der Waals surface area contributed by atoms with Gasteiger partial charge >= 0.3 is 25.4 Å². The lowest BCUT2D eigenvalue weighted by molar-refractivity contribution is -0.165. The molecular formula is C15H22N3O10P. The van der Waals surface area contributed by atoms with Gasteiger partial charge in [0.15, 0.2) is 18.4 Å². The van der Waals surface area contributed by atoms with Gasteiger partial charge in [0, 0.05) is 26.1 Å². The Bertz CT molecular complexity index is 925. The minimum absolute atomic E-state index is 0.518. The fourth-order valence-electron chi connectivity index (χ4n) is 2.63. The third-order valence-electron chi connectivity index (χ3n) is 3.93. The second-order valence-corrected chi connectivity index (χ2v) is 8.40. The zero-order chi connectivity index (χ0) is 21.9. The lowest BCUT2D eigenvalue weighted by Gasteiger charge is -2.24. The van der Waals surface area contributed by atoms with Crippen molar-refractivity contribution in [3.63, 3.8) is 0 Å². The molecule has 0 radical (unpaired) electrons. The van der Waals surface area contributed by atoms with E-state index in [2.05, 4.69) is 0 Å². The summed E-state index contributed by atoms with van der Waals surface area (Å²) in [5.41, 5.74) is -1.51. The van der Waals surface area contributed by atoms with Gasteiger partial charge in [0.2, 0.25) is 0 Å². The van der Waals surface area contributed by atoms with Crippen molar-refractivity contribution in [3.05, 3.63) is 33.1 Å². The monoisotopic (exact) mass is 435 g/mol. The predicted octanol–water partition coefficient (Wildman–Crippen LogP) is -1.02. The number of carbonyl (C=O) groups is 2. The van der Waals surface area contributed by atoms with Crippen LogP contribution in [0, 0.1) is 0 Å². The van der Waals surface area contributed by atoms with Gasteiger partial charge in [-0.05, 0) is 14.1 Å². The molecule has 14 heteroatoms. The Morgan fingerprint density at radius 2 is 1.83 bits per heavy atom. The molecule has 5 atom stereocenters. The van der Waals surface area contributed by atoms with Crippen LogP contribution >= 0.6 is 7.75 Å². The van der Waals surface area contributed by atoms with E-state index in [-0.39, 0.29) is 0 Å². The van der Waals surface area contributed by atoms with Crippen molar-refractivity contribution in [2.24, 2.45) is 0 Å². The second-order valence-electron chi connectivity index (χ2n) is 6.36. The number of ether oxygens (including phenoxy) is 3. The highest BCUT2D eigenvalue weighted by atomic mass is 31.2. The van der Waals surface area contributed by atoms with E-state index in [1.807, 2.05) is 4.98 Å². The van der Waals surface area contributed by atoms with Crippen LogP contribution in [0.15, 0.2) is 21.9 Å². The zero-order valence-corrected chi connectivity index (χ0v) is 17.0. The molecule has 0 amide bonds. The normalized spacial score (nSPS) is 26.1. The Labute approximate surface area is 164 Å². The Morgan fingerprint density at radius 3 is 2.34 bits per heavy atom. The number of aromatic amines is 1. The number of aromatic nitrogens is 2. The Hall–Kier alpha value is -2.31. The molecule has 0 bridgehead atoms. The summed E-state index contributed by atoms with van der Waals surface area (Å²) in [6, 6.07) is 1.05. The average molecular weight is 435 g/mol. The highest BCUT2D eigenvalue weighted by Crippen LogP contribution is 2.45. The predicted molar refractivity (Wildman–Crippen MR) is 95.8 cm³/mol. The summed E-state index contributed by atoms with van der Waals surface area (Å²) in [6.45, 7) is 1.70. The van der Waals surface area contributed by atoms with Crippen molar-refractivity contribution in [1.29, 1.82) is 0 Å². The van der Waals surface area contributed by atoms with Crippen molar-refractivity contribution < 1.29 is 37.8 Å². The average Bonchev–Trinajstić information content (AvgIpc) is 2.89. The largest absolute Gasteiger partial charge is 0.456 e. The van der Waals surface area contributed by atoms with Gasteiger partial charge in [-0.2, -0.15) is 0 Å². The van der Waals surface area contributed by atoms with Crippen LogP contribution in [-0.2, 0) is 32.9 Å². The molecule has 162 valence electrons. The lowest BCUT2D eigenvalue weighted by Crippen LogP contribution is -2.42. The first-order valence-electron chi connectivity index (χ1n) is 8.39.